The second kappa shape index (κ2) is 4.66. The average Bonchev–Trinajstić information content (AvgIpc) is 2.73. The summed E-state index contributed by atoms with van der Waals surface area (Å²) in [6.07, 6.45) is -2.90. The second-order valence-electron chi connectivity index (χ2n) is 4.90. The van der Waals surface area contributed by atoms with Crippen molar-refractivity contribution in [2.75, 3.05) is 13.2 Å². The molecule has 4 nitrogen and oxygen atoms in total. The van der Waals surface area contributed by atoms with Crippen molar-refractivity contribution in [1.29, 1.82) is 0 Å². The number of alkyl halides is 3. The monoisotopic (exact) mass is 286 g/mol. The summed E-state index contributed by atoms with van der Waals surface area (Å²) in [5, 5.41) is 0. The first-order valence-electron chi connectivity index (χ1n) is 6.36. The van der Waals surface area contributed by atoms with E-state index in [2.05, 4.69) is 4.98 Å². The molecule has 1 aromatic carbocycles. The Bertz CT molecular complexity index is 681. The van der Waals surface area contributed by atoms with Gasteiger partial charge in [-0.2, -0.15) is 13.2 Å². The lowest BCUT2D eigenvalue weighted by molar-refractivity contribution is -0.137. The van der Waals surface area contributed by atoms with E-state index in [1.165, 1.54) is 10.6 Å². The van der Waals surface area contributed by atoms with Crippen LogP contribution in [-0.2, 0) is 10.9 Å². The Morgan fingerprint density at radius 3 is 2.80 bits per heavy atom. The van der Waals surface area contributed by atoms with Crippen molar-refractivity contribution in [3.8, 4) is 0 Å². The molecule has 2 aromatic rings. The van der Waals surface area contributed by atoms with Crippen LogP contribution in [0.15, 0.2) is 23.0 Å². The van der Waals surface area contributed by atoms with E-state index in [4.69, 9.17) is 4.74 Å². The minimum atomic E-state index is -4.42. The zero-order valence-electron chi connectivity index (χ0n) is 10.5. The molecule has 1 aromatic heterocycles. The summed E-state index contributed by atoms with van der Waals surface area (Å²) in [6, 6.07) is 3.06. The van der Waals surface area contributed by atoms with Crippen LogP contribution >= 0.6 is 0 Å². The van der Waals surface area contributed by atoms with Crippen molar-refractivity contribution in [1.82, 2.24) is 9.55 Å². The van der Waals surface area contributed by atoms with E-state index < -0.39 is 17.4 Å². The minimum Gasteiger partial charge on any atom is -0.379 e. The summed E-state index contributed by atoms with van der Waals surface area (Å²) in [4.78, 5) is 14.6. The number of nitrogens with zero attached hydrogens (tertiary/aromatic N) is 1. The predicted molar refractivity (Wildman–Crippen MR) is 66.7 cm³/mol. The van der Waals surface area contributed by atoms with Crippen molar-refractivity contribution in [3.05, 3.63) is 34.2 Å². The molecule has 108 valence electrons. The molecule has 1 N–H and O–H groups in total. The van der Waals surface area contributed by atoms with Gasteiger partial charge in [-0.15, -0.1) is 0 Å². The molecule has 0 aliphatic carbocycles. The molecule has 20 heavy (non-hydrogen) atoms. The van der Waals surface area contributed by atoms with Crippen LogP contribution < -0.4 is 5.69 Å². The lowest BCUT2D eigenvalue weighted by Crippen LogP contribution is -2.28. The summed E-state index contributed by atoms with van der Waals surface area (Å²) >= 11 is 0. The molecule has 1 aliphatic heterocycles. The topological polar surface area (TPSA) is 47.0 Å². The summed E-state index contributed by atoms with van der Waals surface area (Å²) in [5.74, 6) is 0. The Hall–Kier alpha value is -1.76. The molecule has 1 atom stereocenters. The van der Waals surface area contributed by atoms with Crippen molar-refractivity contribution in [2.24, 2.45) is 0 Å². The van der Waals surface area contributed by atoms with Gasteiger partial charge < -0.3 is 9.72 Å². The van der Waals surface area contributed by atoms with Crippen LogP contribution in [0.1, 0.15) is 24.4 Å². The molecular formula is C13H13F3N2O2. The first-order valence-corrected chi connectivity index (χ1v) is 6.36. The summed E-state index contributed by atoms with van der Waals surface area (Å²) in [5.41, 5.74) is -0.460. The van der Waals surface area contributed by atoms with E-state index >= 15 is 0 Å². The molecule has 0 amide bonds. The fourth-order valence-corrected chi connectivity index (χ4v) is 2.59. The first kappa shape index (κ1) is 13.2. The van der Waals surface area contributed by atoms with Crippen LogP contribution in [0.5, 0.6) is 0 Å². The summed E-state index contributed by atoms with van der Waals surface area (Å²) < 4.78 is 45.0. The molecule has 1 fully saturated rings. The van der Waals surface area contributed by atoms with Crippen molar-refractivity contribution >= 4 is 11.0 Å². The zero-order chi connectivity index (χ0) is 14.3. The smallest absolute Gasteiger partial charge is 0.379 e. The van der Waals surface area contributed by atoms with E-state index in [0.717, 1.165) is 25.0 Å². The van der Waals surface area contributed by atoms with Gasteiger partial charge in [-0.25, -0.2) is 4.79 Å². The number of benzene rings is 1. The third-order valence-corrected chi connectivity index (χ3v) is 3.55. The molecule has 1 aliphatic rings. The maximum atomic E-state index is 12.8. The Morgan fingerprint density at radius 2 is 2.15 bits per heavy atom. The maximum absolute atomic E-state index is 12.8. The highest BCUT2D eigenvalue weighted by molar-refractivity contribution is 5.76. The van der Waals surface area contributed by atoms with E-state index in [9.17, 15) is 18.0 Å². The number of aromatic amines is 1. The van der Waals surface area contributed by atoms with E-state index in [1.54, 1.807) is 0 Å². The fourth-order valence-electron chi connectivity index (χ4n) is 2.59. The minimum absolute atomic E-state index is 0.214. The number of nitrogens with one attached hydrogen (secondary N) is 1. The van der Waals surface area contributed by atoms with E-state index in [1.807, 2.05) is 0 Å². The molecule has 3 rings (SSSR count). The van der Waals surface area contributed by atoms with Gasteiger partial charge in [0, 0.05) is 6.61 Å². The fraction of sp³-hybridized carbons (Fsp3) is 0.462. The number of fused-ring (bicyclic) bond motifs is 1. The molecule has 0 saturated carbocycles. The van der Waals surface area contributed by atoms with E-state index in [-0.39, 0.29) is 11.6 Å². The summed E-state index contributed by atoms with van der Waals surface area (Å²) in [7, 11) is 0. The highest BCUT2D eigenvalue weighted by Crippen LogP contribution is 2.32. The van der Waals surface area contributed by atoms with Gasteiger partial charge in [-0.1, -0.05) is 0 Å². The number of aromatic nitrogens is 2. The lowest BCUT2D eigenvalue weighted by atomic mass is 10.1. The molecular weight excluding hydrogens is 273 g/mol. The maximum Gasteiger partial charge on any atom is 0.416 e. The van der Waals surface area contributed by atoms with Gasteiger partial charge in [0.25, 0.3) is 0 Å². The van der Waals surface area contributed by atoms with Gasteiger partial charge in [0.2, 0.25) is 0 Å². The molecule has 0 spiro atoms. The van der Waals surface area contributed by atoms with Crippen LogP contribution in [0, 0.1) is 0 Å². The number of rotatable bonds is 1. The predicted octanol–water partition coefficient (Wildman–Crippen LogP) is 2.70. The van der Waals surface area contributed by atoms with Crippen LogP contribution in [0.4, 0.5) is 13.2 Å². The van der Waals surface area contributed by atoms with Crippen molar-refractivity contribution in [2.45, 2.75) is 25.1 Å². The average molecular weight is 286 g/mol. The van der Waals surface area contributed by atoms with Gasteiger partial charge in [0.15, 0.2) is 0 Å². The zero-order valence-corrected chi connectivity index (χ0v) is 10.5. The number of halogens is 3. The number of H-pyrrole nitrogens is 1. The van der Waals surface area contributed by atoms with Crippen molar-refractivity contribution < 1.29 is 17.9 Å². The Labute approximate surface area is 112 Å². The Morgan fingerprint density at radius 1 is 1.35 bits per heavy atom. The molecule has 1 saturated heterocycles. The highest BCUT2D eigenvalue weighted by Gasteiger charge is 2.31. The van der Waals surface area contributed by atoms with Gasteiger partial charge in [0.05, 0.1) is 29.2 Å². The third-order valence-electron chi connectivity index (χ3n) is 3.55. The highest BCUT2D eigenvalue weighted by atomic mass is 19.4. The number of hydrogen-bond donors (Lipinski definition) is 1. The molecule has 2 heterocycles. The van der Waals surface area contributed by atoms with E-state index in [0.29, 0.717) is 18.7 Å². The second-order valence-corrected chi connectivity index (χ2v) is 4.90. The van der Waals surface area contributed by atoms with Crippen LogP contribution in [0.3, 0.4) is 0 Å². The normalized spacial score (nSPS) is 20.4. The van der Waals surface area contributed by atoms with Crippen molar-refractivity contribution in [3.63, 3.8) is 0 Å². The number of hydrogen-bond acceptors (Lipinski definition) is 2. The number of imidazole rings is 1. The van der Waals surface area contributed by atoms with Gasteiger partial charge in [-0.05, 0) is 31.0 Å². The number of ether oxygens (including phenoxy) is 1. The SMILES string of the molecule is O=c1[nH]c2ccc(C(F)(F)F)cc2n1C1CCCOC1. The van der Waals surface area contributed by atoms with Gasteiger partial charge in [0.1, 0.15) is 0 Å². The quantitative estimate of drug-likeness (QED) is 0.876. The lowest BCUT2D eigenvalue weighted by Gasteiger charge is -2.23. The van der Waals surface area contributed by atoms with Gasteiger partial charge >= 0.3 is 11.9 Å². The van der Waals surface area contributed by atoms with Crippen LogP contribution in [-0.4, -0.2) is 22.8 Å². The van der Waals surface area contributed by atoms with Crippen LogP contribution in [0.2, 0.25) is 0 Å². The van der Waals surface area contributed by atoms with Gasteiger partial charge in [-0.3, -0.25) is 4.57 Å². The molecule has 0 bridgehead atoms. The largest absolute Gasteiger partial charge is 0.416 e. The first-order chi connectivity index (χ1) is 9.47. The standard InChI is InChI=1S/C13H13F3N2O2/c14-13(15,16)8-3-4-10-11(6-8)18(12(19)17-10)9-2-1-5-20-7-9/h3-4,6,9H,1-2,5,7H2,(H,17,19). The third kappa shape index (κ3) is 2.22. The Balaban J connectivity index is 2.15. The molecule has 0 radical (unpaired) electrons. The molecule has 1 unspecified atom stereocenters. The van der Waals surface area contributed by atoms with Crippen LogP contribution in [0.25, 0.3) is 11.0 Å². The Kier molecular flexibility index (Phi) is 3.08. The summed E-state index contributed by atoms with van der Waals surface area (Å²) in [6.45, 7) is 0.977. The molecule has 7 heteroatoms.